The molecule has 4 N–H and O–H groups in total. The quantitative estimate of drug-likeness (QED) is 0.486. The van der Waals surface area contributed by atoms with Gasteiger partial charge in [-0.1, -0.05) is 6.07 Å². The third-order valence-corrected chi connectivity index (χ3v) is 4.11. The number of anilines is 1. The number of methoxy groups -OCH3 is 2. The van der Waals surface area contributed by atoms with E-state index >= 15 is 0 Å². The van der Waals surface area contributed by atoms with Crippen molar-refractivity contribution in [3.63, 3.8) is 0 Å². The largest absolute Gasteiger partial charge is 0.507 e. The molecule has 0 aliphatic heterocycles. The average Bonchev–Trinajstić information content (AvgIpc) is 2.72. The maximum absolute atomic E-state index is 12.0. The summed E-state index contributed by atoms with van der Waals surface area (Å²) < 4.78 is 10.5. The molecule has 0 saturated carbocycles. The highest BCUT2D eigenvalue weighted by molar-refractivity contribution is 5.97. The second kappa shape index (κ2) is 10.1. The minimum Gasteiger partial charge on any atom is -0.507 e. The van der Waals surface area contributed by atoms with E-state index in [-0.39, 0.29) is 23.8 Å². The highest BCUT2D eigenvalue weighted by Crippen LogP contribution is 2.27. The van der Waals surface area contributed by atoms with E-state index in [0.29, 0.717) is 30.2 Å². The Hall–Kier alpha value is -3.42. The summed E-state index contributed by atoms with van der Waals surface area (Å²) in [4.78, 5) is 23.7. The number of aromatic hydroxyl groups is 1. The van der Waals surface area contributed by atoms with Crippen LogP contribution < -0.4 is 25.4 Å². The SMILES string of the molecule is CNC(=O)c1cc(NCC(=O)NCCc2ccc(OC)c(OC)c2)ccc1O. The van der Waals surface area contributed by atoms with E-state index in [4.69, 9.17) is 9.47 Å². The molecule has 0 atom stereocenters. The Kier molecular flexibility index (Phi) is 7.50. The molecule has 0 spiro atoms. The van der Waals surface area contributed by atoms with Crippen molar-refractivity contribution in [2.24, 2.45) is 0 Å². The van der Waals surface area contributed by atoms with Crippen LogP contribution in [0.4, 0.5) is 5.69 Å². The van der Waals surface area contributed by atoms with Crippen molar-refractivity contribution < 1.29 is 24.2 Å². The highest BCUT2D eigenvalue weighted by Gasteiger charge is 2.11. The van der Waals surface area contributed by atoms with Crippen molar-refractivity contribution in [2.45, 2.75) is 6.42 Å². The molecule has 0 aliphatic carbocycles. The molecule has 28 heavy (non-hydrogen) atoms. The molecule has 0 saturated heterocycles. The summed E-state index contributed by atoms with van der Waals surface area (Å²) in [6, 6.07) is 10.1. The molecule has 2 aromatic rings. The van der Waals surface area contributed by atoms with Crippen molar-refractivity contribution in [3.05, 3.63) is 47.5 Å². The normalized spacial score (nSPS) is 10.1. The Morgan fingerprint density at radius 1 is 1.04 bits per heavy atom. The molecule has 0 radical (unpaired) electrons. The second-order valence-corrected chi connectivity index (χ2v) is 5.95. The van der Waals surface area contributed by atoms with Gasteiger partial charge in [0.2, 0.25) is 5.91 Å². The third-order valence-electron chi connectivity index (χ3n) is 4.11. The van der Waals surface area contributed by atoms with Gasteiger partial charge in [0.1, 0.15) is 5.75 Å². The van der Waals surface area contributed by atoms with Crippen LogP contribution in [0.5, 0.6) is 17.2 Å². The number of phenolic OH excluding ortho intramolecular Hbond substituents is 1. The number of hydrogen-bond donors (Lipinski definition) is 4. The van der Waals surface area contributed by atoms with Crippen LogP contribution in [0.2, 0.25) is 0 Å². The van der Waals surface area contributed by atoms with Crippen LogP contribution in [0.3, 0.4) is 0 Å². The number of benzene rings is 2. The summed E-state index contributed by atoms with van der Waals surface area (Å²) in [5, 5.41) is 17.9. The number of carbonyl (C=O) groups excluding carboxylic acids is 2. The molecule has 8 heteroatoms. The minimum atomic E-state index is -0.402. The van der Waals surface area contributed by atoms with Gasteiger partial charge in [0.05, 0.1) is 26.3 Å². The summed E-state index contributed by atoms with van der Waals surface area (Å²) in [7, 11) is 4.64. The Balaban J connectivity index is 1.83. The fraction of sp³-hybridized carbons (Fsp3) is 0.300. The van der Waals surface area contributed by atoms with Gasteiger partial charge in [0, 0.05) is 19.3 Å². The summed E-state index contributed by atoms with van der Waals surface area (Å²) >= 11 is 0. The van der Waals surface area contributed by atoms with E-state index in [1.807, 2.05) is 18.2 Å². The van der Waals surface area contributed by atoms with Gasteiger partial charge in [-0.05, 0) is 42.3 Å². The minimum absolute atomic E-state index is 0.0455. The van der Waals surface area contributed by atoms with Gasteiger partial charge < -0.3 is 30.5 Å². The van der Waals surface area contributed by atoms with Crippen LogP contribution in [0.25, 0.3) is 0 Å². The number of hydrogen-bond acceptors (Lipinski definition) is 6. The van der Waals surface area contributed by atoms with Crippen LogP contribution in [0, 0.1) is 0 Å². The molecule has 0 heterocycles. The van der Waals surface area contributed by atoms with Gasteiger partial charge in [0.25, 0.3) is 5.91 Å². The first-order chi connectivity index (χ1) is 13.5. The number of ether oxygens (including phenoxy) is 2. The van der Waals surface area contributed by atoms with Crippen molar-refractivity contribution in [2.75, 3.05) is 39.7 Å². The van der Waals surface area contributed by atoms with E-state index in [1.54, 1.807) is 20.3 Å². The summed E-state index contributed by atoms with van der Waals surface area (Å²) in [5.74, 6) is 0.594. The lowest BCUT2D eigenvalue weighted by Gasteiger charge is -2.11. The molecule has 0 aromatic heterocycles. The Morgan fingerprint density at radius 3 is 2.46 bits per heavy atom. The molecule has 2 rings (SSSR count). The number of nitrogens with one attached hydrogen (secondary N) is 3. The number of amides is 2. The van der Waals surface area contributed by atoms with E-state index < -0.39 is 5.91 Å². The van der Waals surface area contributed by atoms with E-state index in [2.05, 4.69) is 16.0 Å². The number of phenols is 1. The van der Waals surface area contributed by atoms with Crippen molar-refractivity contribution in [3.8, 4) is 17.2 Å². The molecule has 0 unspecified atom stereocenters. The van der Waals surface area contributed by atoms with Gasteiger partial charge in [-0.3, -0.25) is 9.59 Å². The summed E-state index contributed by atoms with van der Waals surface area (Å²) in [6.45, 7) is 0.513. The molecule has 0 fully saturated rings. The average molecular weight is 387 g/mol. The summed E-state index contributed by atoms with van der Waals surface area (Å²) in [6.07, 6.45) is 0.645. The molecule has 2 amide bonds. The molecular formula is C20H25N3O5. The van der Waals surface area contributed by atoms with E-state index in [0.717, 1.165) is 5.56 Å². The van der Waals surface area contributed by atoms with Crippen LogP contribution in [-0.2, 0) is 11.2 Å². The van der Waals surface area contributed by atoms with Gasteiger partial charge in [0.15, 0.2) is 11.5 Å². The lowest BCUT2D eigenvalue weighted by molar-refractivity contribution is -0.119. The maximum atomic E-state index is 12.0. The molecule has 2 aromatic carbocycles. The van der Waals surface area contributed by atoms with Crippen LogP contribution in [-0.4, -0.2) is 51.3 Å². The van der Waals surface area contributed by atoms with Crippen molar-refractivity contribution >= 4 is 17.5 Å². The van der Waals surface area contributed by atoms with Crippen LogP contribution in [0.15, 0.2) is 36.4 Å². The van der Waals surface area contributed by atoms with Crippen LogP contribution >= 0.6 is 0 Å². The highest BCUT2D eigenvalue weighted by atomic mass is 16.5. The van der Waals surface area contributed by atoms with Gasteiger partial charge in [-0.15, -0.1) is 0 Å². The third kappa shape index (κ3) is 5.54. The molecule has 150 valence electrons. The Morgan fingerprint density at radius 2 is 1.79 bits per heavy atom. The predicted octanol–water partition coefficient (Wildman–Crippen LogP) is 1.54. The Labute approximate surface area is 163 Å². The summed E-state index contributed by atoms with van der Waals surface area (Å²) in [5.41, 5.74) is 1.72. The zero-order valence-corrected chi connectivity index (χ0v) is 16.2. The van der Waals surface area contributed by atoms with Crippen molar-refractivity contribution in [1.82, 2.24) is 10.6 Å². The molecule has 0 bridgehead atoms. The van der Waals surface area contributed by atoms with Gasteiger partial charge in [-0.2, -0.15) is 0 Å². The first kappa shape index (κ1) is 20.9. The smallest absolute Gasteiger partial charge is 0.254 e. The molecular weight excluding hydrogens is 362 g/mol. The van der Waals surface area contributed by atoms with Crippen LogP contribution in [0.1, 0.15) is 15.9 Å². The maximum Gasteiger partial charge on any atom is 0.254 e. The van der Waals surface area contributed by atoms with E-state index in [9.17, 15) is 14.7 Å². The lowest BCUT2D eigenvalue weighted by Crippen LogP contribution is -2.31. The number of rotatable bonds is 9. The van der Waals surface area contributed by atoms with Gasteiger partial charge in [-0.25, -0.2) is 0 Å². The Bertz CT molecular complexity index is 839. The first-order valence-electron chi connectivity index (χ1n) is 8.75. The predicted molar refractivity (Wildman–Crippen MR) is 106 cm³/mol. The topological polar surface area (TPSA) is 109 Å². The zero-order valence-electron chi connectivity index (χ0n) is 16.2. The molecule has 8 nitrogen and oxygen atoms in total. The fourth-order valence-corrected chi connectivity index (χ4v) is 2.59. The zero-order chi connectivity index (χ0) is 20.5. The van der Waals surface area contributed by atoms with Gasteiger partial charge >= 0.3 is 0 Å². The first-order valence-corrected chi connectivity index (χ1v) is 8.75. The monoisotopic (exact) mass is 387 g/mol. The van der Waals surface area contributed by atoms with Crippen molar-refractivity contribution in [1.29, 1.82) is 0 Å². The van der Waals surface area contributed by atoms with E-state index in [1.165, 1.54) is 19.2 Å². The number of carbonyl (C=O) groups is 2. The fourth-order valence-electron chi connectivity index (χ4n) is 2.59. The second-order valence-electron chi connectivity index (χ2n) is 5.95. The standard InChI is InChI=1S/C20H25N3O5/c1-21-20(26)15-11-14(5-6-16(15)24)23-12-19(25)22-9-8-13-4-7-17(27-2)18(10-13)28-3/h4-7,10-11,23-24H,8-9,12H2,1-3H3,(H,21,26)(H,22,25). The lowest BCUT2D eigenvalue weighted by atomic mass is 10.1. The molecule has 0 aliphatic rings.